The van der Waals surface area contributed by atoms with Crippen LogP contribution in [0.15, 0.2) is 12.7 Å². The summed E-state index contributed by atoms with van der Waals surface area (Å²) in [6.07, 6.45) is 5.08. The van der Waals surface area contributed by atoms with Crippen molar-refractivity contribution in [2.45, 2.75) is 25.8 Å². The van der Waals surface area contributed by atoms with Gasteiger partial charge in [-0.25, -0.2) is 4.98 Å². The van der Waals surface area contributed by atoms with Gasteiger partial charge in [-0.05, 0) is 31.0 Å². The zero-order valence-electron chi connectivity index (χ0n) is 11.8. The first kappa shape index (κ1) is 14.2. The molecule has 0 spiro atoms. The van der Waals surface area contributed by atoms with Gasteiger partial charge in [0.2, 0.25) is 11.2 Å². The molecule has 2 aromatic heterocycles. The number of piperidine rings is 1. The average Bonchev–Trinajstić information content (AvgIpc) is 3.02. The van der Waals surface area contributed by atoms with E-state index in [1.165, 1.54) is 17.3 Å². The smallest absolute Gasteiger partial charge is 0.258 e. The van der Waals surface area contributed by atoms with Crippen LogP contribution in [0.3, 0.4) is 0 Å². The Kier molecular flexibility index (Phi) is 4.26. The highest BCUT2D eigenvalue weighted by molar-refractivity contribution is 6.28. The van der Waals surface area contributed by atoms with Gasteiger partial charge >= 0.3 is 0 Å². The quantitative estimate of drug-likeness (QED) is 0.902. The standard InChI is InChI=1S/C12H17ClN8/c1-2-20-5-3-9(4-6-20)16-11-17-10(13)18-12(19-11)21-8-14-7-15-21/h7-9H,2-6H2,1H3,(H,16,17,18,19). The van der Waals surface area contributed by atoms with Crippen molar-refractivity contribution in [1.29, 1.82) is 0 Å². The van der Waals surface area contributed by atoms with E-state index in [2.05, 4.69) is 42.2 Å². The largest absolute Gasteiger partial charge is 0.351 e. The van der Waals surface area contributed by atoms with E-state index < -0.39 is 0 Å². The van der Waals surface area contributed by atoms with Gasteiger partial charge in [0, 0.05) is 19.1 Å². The lowest BCUT2D eigenvalue weighted by Gasteiger charge is -2.31. The molecule has 9 heteroatoms. The molecule has 112 valence electrons. The van der Waals surface area contributed by atoms with Crippen LogP contribution in [-0.4, -0.2) is 60.3 Å². The van der Waals surface area contributed by atoms with Crippen LogP contribution in [0.25, 0.3) is 5.95 Å². The van der Waals surface area contributed by atoms with Crippen LogP contribution < -0.4 is 5.32 Å². The molecule has 0 amide bonds. The van der Waals surface area contributed by atoms with Crippen LogP contribution in [-0.2, 0) is 0 Å². The summed E-state index contributed by atoms with van der Waals surface area (Å²) in [6, 6.07) is 0.356. The topological polar surface area (TPSA) is 84.6 Å². The van der Waals surface area contributed by atoms with Crippen LogP contribution in [0.1, 0.15) is 19.8 Å². The maximum absolute atomic E-state index is 5.96. The number of aromatic nitrogens is 6. The Balaban J connectivity index is 1.71. The molecule has 2 aromatic rings. The van der Waals surface area contributed by atoms with E-state index in [-0.39, 0.29) is 5.28 Å². The average molecular weight is 309 g/mol. The highest BCUT2D eigenvalue weighted by Gasteiger charge is 2.19. The lowest BCUT2D eigenvalue weighted by Crippen LogP contribution is -2.39. The third-order valence-corrected chi connectivity index (χ3v) is 3.76. The van der Waals surface area contributed by atoms with Gasteiger partial charge in [-0.1, -0.05) is 6.92 Å². The third kappa shape index (κ3) is 3.45. The molecule has 0 atom stereocenters. The van der Waals surface area contributed by atoms with Gasteiger partial charge < -0.3 is 10.2 Å². The molecule has 3 rings (SSSR count). The maximum atomic E-state index is 5.96. The number of anilines is 1. The predicted molar refractivity (Wildman–Crippen MR) is 78.5 cm³/mol. The molecule has 1 aliphatic heterocycles. The first-order valence-electron chi connectivity index (χ1n) is 7.00. The normalized spacial score (nSPS) is 17.0. The fourth-order valence-electron chi connectivity index (χ4n) is 2.39. The molecule has 1 fully saturated rings. The van der Waals surface area contributed by atoms with Crippen LogP contribution in [0.2, 0.25) is 5.28 Å². The Morgan fingerprint density at radius 3 is 2.76 bits per heavy atom. The van der Waals surface area contributed by atoms with E-state index >= 15 is 0 Å². The summed E-state index contributed by atoms with van der Waals surface area (Å²) in [5.41, 5.74) is 0. The first-order chi connectivity index (χ1) is 10.2. The van der Waals surface area contributed by atoms with Crippen molar-refractivity contribution in [3.05, 3.63) is 17.9 Å². The van der Waals surface area contributed by atoms with Crippen LogP contribution in [0.4, 0.5) is 5.95 Å². The number of hydrogen-bond donors (Lipinski definition) is 1. The van der Waals surface area contributed by atoms with Crippen molar-refractivity contribution in [3.8, 4) is 5.95 Å². The molecule has 0 radical (unpaired) electrons. The van der Waals surface area contributed by atoms with Crippen molar-refractivity contribution >= 4 is 17.5 Å². The van der Waals surface area contributed by atoms with Gasteiger partial charge in [-0.3, -0.25) is 0 Å². The van der Waals surface area contributed by atoms with Crippen molar-refractivity contribution in [1.82, 2.24) is 34.6 Å². The zero-order chi connectivity index (χ0) is 14.7. The van der Waals surface area contributed by atoms with Crippen LogP contribution in [0, 0.1) is 0 Å². The molecule has 0 saturated carbocycles. The SMILES string of the molecule is CCN1CCC(Nc2nc(Cl)nc(-n3cncn3)n2)CC1. The fraction of sp³-hybridized carbons (Fsp3) is 0.583. The lowest BCUT2D eigenvalue weighted by molar-refractivity contribution is 0.229. The highest BCUT2D eigenvalue weighted by Crippen LogP contribution is 2.15. The molecular weight excluding hydrogens is 292 g/mol. The second-order valence-corrected chi connectivity index (χ2v) is 5.26. The molecule has 3 heterocycles. The Bertz CT molecular complexity index is 579. The van der Waals surface area contributed by atoms with Gasteiger partial charge in [0.05, 0.1) is 0 Å². The molecule has 1 aliphatic rings. The van der Waals surface area contributed by atoms with Gasteiger partial charge in [0.25, 0.3) is 5.95 Å². The van der Waals surface area contributed by atoms with Gasteiger partial charge in [0.15, 0.2) is 0 Å². The summed E-state index contributed by atoms with van der Waals surface area (Å²) in [5, 5.41) is 7.47. The van der Waals surface area contributed by atoms with E-state index in [0.29, 0.717) is 17.9 Å². The zero-order valence-corrected chi connectivity index (χ0v) is 12.5. The monoisotopic (exact) mass is 308 g/mol. The molecule has 0 aromatic carbocycles. The minimum atomic E-state index is 0.143. The van der Waals surface area contributed by atoms with E-state index in [1.807, 2.05) is 0 Å². The van der Waals surface area contributed by atoms with Crippen molar-refractivity contribution in [2.24, 2.45) is 0 Å². The first-order valence-corrected chi connectivity index (χ1v) is 7.38. The molecule has 1 N–H and O–H groups in total. The minimum absolute atomic E-state index is 0.143. The van der Waals surface area contributed by atoms with E-state index in [0.717, 1.165) is 32.5 Å². The highest BCUT2D eigenvalue weighted by atomic mass is 35.5. The Labute approximate surface area is 127 Å². The Morgan fingerprint density at radius 2 is 2.10 bits per heavy atom. The number of rotatable bonds is 4. The molecule has 8 nitrogen and oxygen atoms in total. The van der Waals surface area contributed by atoms with E-state index in [1.54, 1.807) is 0 Å². The number of nitrogens with zero attached hydrogens (tertiary/aromatic N) is 7. The third-order valence-electron chi connectivity index (χ3n) is 3.59. The molecular formula is C12H17ClN8. The fourth-order valence-corrected chi connectivity index (χ4v) is 2.55. The number of hydrogen-bond acceptors (Lipinski definition) is 7. The molecule has 21 heavy (non-hydrogen) atoms. The van der Waals surface area contributed by atoms with Gasteiger partial charge in [0.1, 0.15) is 12.7 Å². The minimum Gasteiger partial charge on any atom is -0.351 e. The molecule has 0 unspecified atom stereocenters. The van der Waals surface area contributed by atoms with Crippen molar-refractivity contribution in [3.63, 3.8) is 0 Å². The Morgan fingerprint density at radius 1 is 1.29 bits per heavy atom. The van der Waals surface area contributed by atoms with E-state index in [4.69, 9.17) is 11.6 Å². The summed E-state index contributed by atoms with van der Waals surface area (Å²) in [6.45, 7) is 5.45. The lowest BCUT2D eigenvalue weighted by atomic mass is 10.1. The predicted octanol–water partition coefficient (Wildman–Crippen LogP) is 1.00. The summed E-state index contributed by atoms with van der Waals surface area (Å²) >= 11 is 5.96. The number of halogens is 1. The summed E-state index contributed by atoms with van der Waals surface area (Å²) < 4.78 is 1.46. The second kappa shape index (κ2) is 6.31. The number of nitrogens with one attached hydrogen (secondary N) is 1. The van der Waals surface area contributed by atoms with Gasteiger partial charge in [-0.2, -0.15) is 24.7 Å². The molecule has 0 aliphatic carbocycles. The number of likely N-dealkylation sites (tertiary alicyclic amines) is 1. The van der Waals surface area contributed by atoms with Gasteiger partial charge in [-0.15, -0.1) is 0 Å². The Hall–Kier alpha value is -1.80. The maximum Gasteiger partial charge on any atom is 0.258 e. The second-order valence-electron chi connectivity index (χ2n) is 4.92. The molecule has 1 saturated heterocycles. The van der Waals surface area contributed by atoms with Crippen LogP contribution >= 0.6 is 11.6 Å². The molecule has 0 bridgehead atoms. The summed E-state index contributed by atoms with van der Waals surface area (Å²) in [4.78, 5) is 18.8. The van der Waals surface area contributed by atoms with Crippen LogP contribution in [0.5, 0.6) is 0 Å². The van der Waals surface area contributed by atoms with Crippen molar-refractivity contribution in [2.75, 3.05) is 25.0 Å². The van der Waals surface area contributed by atoms with Crippen molar-refractivity contribution < 1.29 is 0 Å². The van der Waals surface area contributed by atoms with E-state index in [9.17, 15) is 0 Å². The summed E-state index contributed by atoms with van der Waals surface area (Å²) in [7, 11) is 0. The summed E-state index contributed by atoms with van der Waals surface area (Å²) in [5.74, 6) is 0.844.